The number of aryl methyl sites for hydroxylation is 1. The van der Waals surface area contributed by atoms with Crippen LogP contribution in [0.3, 0.4) is 0 Å². The van der Waals surface area contributed by atoms with Crippen LogP contribution in [0.5, 0.6) is 0 Å². The maximum absolute atomic E-state index is 5.77. The van der Waals surface area contributed by atoms with Crippen LogP contribution in [-0.4, -0.2) is 21.5 Å². The number of anilines is 4. The summed E-state index contributed by atoms with van der Waals surface area (Å²) in [6.07, 6.45) is 1.02. The van der Waals surface area contributed by atoms with Crippen LogP contribution in [0.25, 0.3) is 11.5 Å². The third kappa shape index (κ3) is 4.01. The van der Waals surface area contributed by atoms with E-state index in [-0.39, 0.29) is 0 Å². The highest BCUT2D eigenvalue weighted by Gasteiger charge is 2.17. The van der Waals surface area contributed by atoms with E-state index in [1.54, 1.807) is 11.3 Å². The summed E-state index contributed by atoms with van der Waals surface area (Å²) in [5, 5.41) is 2.85. The van der Waals surface area contributed by atoms with E-state index in [1.165, 1.54) is 20.9 Å². The molecule has 0 amide bonds. The van der Waals surface area contributed by atoms with Crippen LogP contribution in [0.2, 0.25) is 0 Å². The number of thiazole rings is 1. The van der Waals surface area contributed by atoms with E-state index in [2.05, 4.69) is 69.5 Å². The van der Waals surface area contributed by atoms with Crippen molar-refractivity contribution in [2.45, 2.75) is 20.3 Å². The van der Waals surface area contributed by atoms with Gasteiger partial charge in [0.1, 0.15) is 17.3 Å². The van der Waals surface area contributed by atoms with E-state index in [9.17, 15) is 0 Å². The predicted molar refractivity (Wildman–Crippen MR) is 113 cm³/mol. The van der Waals surface area contributed by atoms with Gasteiger partial charge in [-0.25, -0.2) is 15.0 Å². The zero-order chi connectivity index (χ0) is 18.0. The zero-order valence-electron chi connectivity index (χ0n) is 14.0. The Labute approximate surface area is 164 Å². The molecular weight excluding hydrogens is 447 g/mol. The summed E-state index contributed by atoms with van der Waals surface area (Å²) in [6.45, 7) is 5.16. The Morgan fingerprint density at radius 1 is 1.12 bits per heavy atom. The van der Waals surface area contributed by atoms with Gasteiger partial charge in [-0.15, -0.1) is 11.3 Å². The van der Waals surface area contributed by atoms with Gasteiger partial charge in [-0.2, -0.15) is 0 Å². The maximum atomic E-state index is 5.77. The SMILES string of the molecule is CCCN(c1nc(-c2nc(N)cc(N)n2)cs1)c1cc(I)ccc1C. The summed E-state index contributed by atoms with van der Waals surface area (Å²) in [7, 11) is 0. The minimum atomic E-state index is 0.343. The number of nitrogens with zero attached hydrogens (tertiary/aromatic N) is 4. The van der Waals surface area contributed by atoms with Gasteiger partial charge < -0.3 is 16.4 Å². The van der Waals surface area contributed by atoms with E-state index < -0.39 is 0 Å². The molecule has 0 fully saturated rings. The van der Waals surface area contributed by atoms with Gasteiger partial charge >= 0.3 is 0 Å². The number of hydrogen-bond acceptors (Lipinski definition) is 7. The molecule has 0 spiro atoms. The van der Waals surface area contributed by atoms with E-state index in [4.69, 9.17) is 16.5 Å². The smallest absolute Gasteiger partial charge is 0.190 e. The molecule has 0 aliphatic heterocycles. The Morgan fingerprint density at radius 3 is 2.52 bits per heavy atom. The van der Waals surface area contributed by atoms with Gasteiger partial charge in [0.25, 0.3) is 0 Å². The molecule has 0 saturated heterocycles. The monoisotopic (exact) mass is 466 g/mol. The molecule has 6 nitrogen and oxygen atoms in total. The first-order valence-corrected chi connectivity index (χ1v) is 9.83. The van der Waals surface area contributed by atoms with Crippen molar-refractivity contribution in [1.82, 2.24) is 15.0 Å². The van der Waals surface area contributed by atoms with Crippen molar-refractivity contribution in [1.29, 1.82) is 0 Å². The lowest BCUT2D eigenvalue weighted by Gasteiger charge is -2.23. The molecule has 0 saturated carbocycles. The number of nitrogens with two attached hydrogens (primary N) is 2. The minimum absolute atomic E-state index is 0.343. The van der Waals surface area contributed by atoms with Crippen LogP contribution in [-0.2, 0) is 0 Å². The van der Waals surface area contributed by atoms with Crippen molar-refractivity contribution in [2.24, 2.45) is 0 Å². The first-order chi connectivity index (χ1) is 12.0. The molecule has 8 heteroatoms. The highest BCUT2D eigenvalue weighted by atomic mass is 127. The van der Waals surface area contributed by atoms with Gasteiger partial charge in [0, 0.05) is 27.2 Å². The second kappa shape index (κ2) is 7.52. The second-order valence-corrected chi connectivity index (χ2v) is 7.72. The van der Waals surface area contributed by atoms with Crippen molar-refractivity contribution < 1.29 is 0 Å². The summed E-state index contributed by atoms with van der Waals surface area (Å²) in [5.41, 5.74) is 14.6. The number of halogens is 1. The molecule has 2 aromatic heterocycles. The summed E-state index contributed by atoms with van der Waals surface area (Å²) >= 11 is 3.90. The quantitative estimate of drug-likeness (QED) is 0.547. The minimum Gasteiger partial charge on any atom is -0.384 e. The highest BCUT2D eigenvalue weighted by molar-refractivity contribution is 14.1. The Hall–Kier alpha value is -1.94. The zero-order valence-corrected chi connectivity index (χ0v) is 17.0. The molecule has 2 heterocycles. The molecule has 0 unspecified atom stereocenters. The van der Waals surface area contributed by atoms with Gasteiger partial charge in [0.2, 0.25) is 0 Å². The molecular formula is C17H19IN6S. The van der Waals surface area contributed by atoms with E-state index in [0.29, 0.717) is 23.2 Å². The molecule has 25 heavy (non-hydrogen) atoms. The molecule has 3 rings (SSSR count). The molecule has 0 aliphatic carbocycles. The fourth-order valence-electron chi connectivity index (χ4n) is 2.51. The molecule has 4 N–H and O–H groups in total. The number of benzene rings is 1. The van der Waals surface area contributed by atoms with E-state index >= 15 is 0 Å². The van der Waals surface area contributed by atoms with Crippen LogP contribution in [0.4, 0.5) is 22.5 Å². The third-order valence-electron chi connectivity index (χ3n) is 3.63. The Kier molecular flexibility index (Phi) is 5.38. The number of nitrogen functional groups attached to an aromatic ring is 2. The topological polar surface area (TPSA) is 94.0 Å². The summed E-state index contributed by atoms with van der Waals surface area (Å²) in [5.74, 6) is 1.14. The Bertz CT molecular complexity index is 874. The van der Waals surface area contributed by atoms with Crippen molar-refractivity contribution in [3.05, 3.63) is 38.8 Å². The van der Waals surface area contributed by atoms with Crippen molar-refractivity contribution in [2.75, 3.05) is 22.9 Å². The second-order valence-electron chi connectivity index (χ2n) is 5.64. The average Bonchev–Trinajstić information content (AvgIpc) is 3.04. The van der Waals surface area contributed by atoms with E-state index in [0.717, 1.165) is 18.1 Å². The molecule has 0 bridgehead atoms. The molecule has 1 aromatic carbocycles. The van der Waals surface area contributed by atoms with Crippen LogP contribution in [0.1, 0.15) is 18.9 Å². The maximum Gasteiger partial charge on any atom is 0.190 e. The lowest BCUT2D eigenvalue weighted by Crippen LogP contribution is -2.18. The standard InChI is InChI=1S/C17H19IN6S/c1-3-6-24(13-7-11(18)5-4-10(13)2)17-21-12(9-25-17)16-22-14(19)8-15(20)23-16/h4-5,7-9H,3,6H2,1-2H3,(H4,19,20,22,23). The van der Waals surface area contributed by atoms with Gasteiger partial charge in [0.15, 0.2) is 11.0 Å². The largest absolute Gasteiger partial charge is 0.384 e. The van der Waals surface area contributed by atoms with Crippen LogP contribution < -0.4 is 16.4 Å². The van der Waals surface area contributed by atoms with Crippen LogP contribution >= 0.6 is 33.9 Å². The third-order valence-corrected chi connectivity index (χ3v) is 5.16. The van der Waals surface area contributed by atoms with Crippen LogP contribution in [0, 0.1) is 10.5 Å². The summed E-state index contributed by atoms with van der Waals surface area (Å²) in [6, 6.07) is 7.97. The van der Waals surface area contributed by atoms with Crippen molar-refractivity contribution >= 4 is 56.4 Å². The highest BCUT2D eigenvalue weighted by Crippen LogP contribution is 2.34. The number of aromatic nitrogens is 3. The van der Waals surface area contributed by atoms with Gasteiger partial charge in [-0.05, 0) is 53.6 Å². The fourth-order valence-corrected chi connectivity index (χ4v) is 3.83. The van der Waals surface area contributed by atoms with E-state index in [1.807, 2.05) is 5.38 Å². The molecule has 130 valence electrons. The van der Waals surface area contributed by atoms with Crippen molar-refractivity contribution in [3.8, 4) is 11.5 Å². The Morgan fingerprint density at radius 2 is 1.84 bits per heavy atom. The first-order valence-electron chi connectivity index (χ1n) is 7.87. The van der Waals surface area contributed by atoms with Gasteiger partial charge in [-0.1, -0.05) is 13.0 Å². The fraction of sp³-hybridized carbons (Fsp3) is 0.235. The first kappa shape index (κ1) is 17.9. The summed E-state index contributed by atoms with van der Waals surface area (Å²) in [4.78, 5) is 15.4. The predicted octanol–water partition coefficient (Wildman–Crippen LogP) is 4.23. The normalized spacial score (nSPS) is 10.8. The molecule has 0 atom stereocenters. The number of hydrogen-bond donors (Lipinski definition) is 2. The van der Waals surface area contributed by atoms with Crippen LogP contribution in [0.15, 0.2) is 29.6 Å². The lowest BCUT2D eigenvalue weighted by molar-refractivity contribution is 0.878. The van der Waals surface area contributed by atoms with Gasteiger partial charge in [0.05, 0.1) is 0 Å². The van der Waals surface area contributed by atoms with Gasteiger partial charge in [-0.3, -0.25) is 0 Å². The lowest BCUT2D eigenvalue weighted by atomic mass is 10.2. The van der Waals surface area contributed by atoms with Crippen molar-refractivity contribution in [3.63, 3.8) is 0 Å². The molecule has 0 aliphatic rings. The average molecular weight is 466 g/mol. The molecule has 3 aromatic rings. The number of rotatable bonds is 5. The summed E-state index contributed by atoms with van der Waals surface area (Å²) < 4.78 is 1.20. The molecule has 0 radical (unpaired) electrons. The Balaban J connectivity index is 2.01.